The summed E-state index contributed by atoms with van der Waals surface area (Å²) in [5, 5.41) is 0.433. The highest BCUT2D eigenvalue weighted by molar-refractivity contribution is 6.33. The summed E-state index contributed by atoms with van der Waals surface area (Å²) in [6.45, 7) is 0.986. The van der Waals surface area contributed by atoms with Crippen molar-refractivity contribution in [2.45, 2.75) is 25.0 Å². The highest BCUT2D eigenvalue weighted by atomic mass is 35.5. The van der Waals surface area contributed by atoms with Gasteiger partial charge in [-0.15, -0.1) is 0 Å². The molecule has 2 rings (SSSR count). The van der Waals surface area contributed by atoms with Crippen molar-refractivity contribution in [3.63, 3.8) is 0 Å². The Labute approximate surface area is 124 Å². The Kier molecular flexibility index (Phi) is 5.02. The normalized spacial score (nSPS) is 23.6. The van der Waals surface area contributed by atoms with Gasteiger partial charge < -0.3 is 9.47 Å². The molecule has 110 valence electrons. The lowest BCUT2D eigenvalue weighted by molar-refractivity contribution is 0.0201. The van der Waals surface area contributed by atoms with Crippen molar-refractivity contribution in [3.8, 4) is 0 Å². The molecule has 1 aliphatic heterocycles. The maximum Gasteiger partial charge on any atom is 0.339 e. The number of rotatable bonds is 3. The van der Waals surface area contributed by atoms with Crippen molar-refractivity contribution in [1.82, 2.24) is 4.90 Å². The van der Waals surface area contributed by atoms with Crippen LogP contribution in [-0.4, -0.2) is 44.8 Å². The monoisotopic (exact) mass is 297 g/mol. The van der Waals surface area contributed by atoms with Crippen LogP contribution in [0.15, 0.2) is 18.2 Å². The molecule has 1 aromatic rings. The lowest BCUT2D eigenvalue weighted by Crippen LogP contribution is -2.36. The Bertz CT molecular complexity index is 492. The van der Waals surface area contributed by atoms with Crippen LogP contribution in [-0.2, 0) is 9.47 Å². The summed E-state index contributed by atoms with van der Waals surface area (Å²) in [6, 6.07) is 5.79. The zero-order valence-corrected chi connectivity index (χ0v) is 12.8. The second kappa shape index (κ2) is 6.57. The predicted octanol–water partition coefficient (Wildman–Crippen LogP) is 2.91. The fraction of sp³-hybridized carbons (Fsp3) is 0.533. The zero-order chi connectivity index (χ0) is 14.7. The fourth-order valence-electron chi connectivity index (χ4n) is 2.67. The van der Waals surface area contributed by atoms with E-state index in [1.165, 1.54) is 7.11 Å². The van der Waals surface area contributed by atoms with Crippen LogP contribution >= 0.6 is 11.6 Å². The molecule has 0 aliphatic carbocycles. The molecular formula is C15H20ClNO3. The van der Waals surface area contributed by atoms with Crippen LogP contribution in [0.5, 0.6) is 0 Å². The standard InChI is InChI=1S/C15H20ClNO3/c1-17-7-6-11(19-2)9-14(17)10-4-5-12(13(16)8-10)15(18)20-3/h4-5,8,11,14H,6-7,9H2,1-3H3. The van der Waals surface area contributed by atoms with Crippen molar-refractivity contribution in [2.24, 2.45) is 0 Å². The number of hydrogen-bond acceptors (Lipinski definition) is 4. The van der Waals surface area contributed by atoms with E-state index in [-0.39, 0.29) is 12.1 Å². The second-order valence-corrected chi connectivity index (χ2v) is 5.52. The Hall–Kier alpha value is -1.10. The van der Waals surface area contributed by atoms with E-state index in [1.54, 1.807) is 13.2 Å². The Morgan fingerprint density at radius 3 is 2.75 bits per heavy atom. The molecule has 0 amide bonds. The Morgan fingerprint density at radius 1 is 1.40 bits per heavy atom. The van der Waals surface area contributed by atoms with Gasteiger partial charge in [-0.3, -0.25) is 4.90 Å². The van der Waals surface area contributed by atoms with E-state index < -0.39 is 5.97 Å². The predicted molar refractivity (Wildman–Crippen MR) is 78.2 cm³/mol. The molecule has 0 spiro atoms. The molecule has 0 radical (unpaired) electrons. The van der Waals surface area contributed by atoms with Crippen LogP contribution in [0, 0.1) is 0 Å². The first kappa shape index (κ1) is 15.3. The average Bonchev–Trinajstić information content (AvgIpc) is 2.47. The van der Waals surface area contributed by atoms with Crippen molar-refractivity contribution < 1.29 is 14.3 Å². The minimum atomic E-state index is -0.409. The topological polar surface area (TPSA) is 38.8 Å². The summed E-state index contributed by atoms with van der Waals surface area (Å²) in [5.74, 6) is -0.409. The zero-order valence-electron chi connectivity index (χ0n) is 12.1. The maximum atomic E-state index is 11.5. The number of carbonyl (C=O) groups is 1. The molecule has 0 bridgehead atoms. The molecule has 1 heterocycles. The van der Waals surface area contributed by atoms with Crippen LogP contribution < -0.4 is 0 Å². The van der Waals surface area contributed by atoms with E-state index in [1.807, 2.05) is 12.1 Å². The van der Waals surface area contributed by atoms with E-state index >= 15 is 0 Å². The minimum absolute atomic E-state index is 0.262. The van der Waals surface area contributed by atoms with Gasteiger partial charge in [0.05, 0.1) is 23.8 Å². The molecule has 2 atom stereocenters. The molecule has 0 aromatic heterocycles. The summed E-state index contributed by atoms with van der Waals surface area (Å²) in [7, 11) is 5.20. The Balaban J connectivity index is 2.24. The number of hydrogen-bond donors (Lipinski definition) is 0. The summed E-state index contributed by atoms with van der Waals surface area (Å²) in [5.41, 5.74) is 1.51. The molecule has 0 N–H and O–H groups in total. The number of ether oxygens (including phenoxy) is 2. The highest BCUT2D eigenvalue weighted by Crippen LogP contribution is 2.33. The number of likely N-dealkylation sites (tertiary alicyclic amines) is 1. The largest absolute Gasteiger partial charge is 0.465 e. The number of benzene rings is 1. The van der Waals surface area contributed by atoms with Crippen LogP contribution in [0.4, 0.5) is 0 Å². The molecule has 1 aromatic carbocycles. The van der Waals surface area contributed by atoms with Gasteiger partial charge >= 0.3 is 5.97 Å². The van der Waals surface area contributed by atoms with E-state index in [4.69, 9.17) is 21.1 Å². The minimum Gasteiger partial charge on any atom is -0.465 e. The molecule has 1 saturated heterocycles. The van der Waals surface area contributed by atoms with Crippen LogP contribution in [0.1, 0.15) is 34.8 Å². The van der Waals surface area contributed by atoms with E-state index in [2.05, 4.69) is 11.9 Å². The van der Waals surface area contributed by atoms with Gasteiger partial charge in [0, 0.05) is 19.7 Å². The first-order chi connectivity index (χ1) is 9.56. The first-order valence-electron chi connectivity index (χ1n) is 6.67. The van der Waals surface area contributed by atoms with Crippen molar-refractivity contribution >= 4 is 17.6 Å². The SMILES string of the molecule is COC(=O)c1ccc(C2CC(OC)CCN2C)cc1Cl. The van der Waals surface area contributed by atoms with E-state index in [0.29, 0.717) is 10.6 Å². The van der Waals surface area contributed by atoms with Gasteiger partial charge in [-0.2, -0.15) is 0 Å². The van der Waals surface area contributed by atoms with Crippen molar-refractivity contribution in [1.29, 1.82) is 0 Å². The maximum absolute atomic E-state index is 11.5. The third-order valence-electron chi connectivity index (χ3n) is 3.94. The summed E-state index contributed by atoms with van der Waals surface area (Å²) in [4.78, 5) is 13.8. The van der Waals surface area contributed by atoms with Gasteiger partial charge in [0.2, 0.25) is 0 Å². The van der Waals surface area contributed by atoms with Crippen molar-refractivity contribution in [2.75, 3.05) is 27.8 Å². The fourth-order valence-corrected chi connectivity index (χ4v) is 2.94. The number of nitrogens with zero attached hydrogens (tertiary/aromatic N) is 1. The number of carbonyl (C=O) groups excluding carboxylic acids is 1. The molecule has 5 heteroatoms. The lowest BCUT2D eigenvalue weighted by atomic mass is 9.93. The van der Waals surface area contributed by atoms with Gasteiger partial charge in [0.15, 0.2) is 0 Å². The lowest BCUT2D eigenvalue weighted by Gasteiger charge is -2.37. The molecule has 0 saturated carbocycles. The summed E-state index contributed by atoms with van der Waals surface area (Å²) < 4.78 is 10.2. The van der Waals surface area contributed by atoms with Gasteiger partial charge in [-0.1, -0.05) is 17.7 Å². The number of esters is 1. The molecule has 1 fully saturated rings. The number of piperidine rings is 1. The second-order valence-electron chi connectivity index (χ2n) is 5.11. The Morgan fingerprint density at radius 2 is 2.15 bits per heavy atom. The highest BCUT2D eigenvalue weighted by Gasteiger charge is 2.27. The van der Waals surface area contributed by atoms with Gasteiger partial charge in [-0.05, 0) is 37.6 Å². The summed E-state index contributed by atoms with van der Waals surface area (Å²) >= 11 is 6.19. The molecule has 2 unspecified atom stereocenters. The summed E-state index contributed by atoms with van der Waals surface area (Å²) in [6.07, 6.45) is 2.24. The van der Waals surface area contributed by atoms with E-state index in [9.17, 15) is 4.79 Å². The van der Waals surface area contributed by atoms with Crippen molar-refractivity contribution in [3.05, 3.63) is 34.3 Å². The van der Waals surface area contributed by atoms with Gasteiger partial charge in [0.1, 0.15) is 0 Å². The molecule has 20 heavy (non-hydrogen) atoms. The smallest absolute Gasteiger partial charge is 0.339 e. The van der Waals surface area contributed by atoms with Crippen LogP contribution in [0.2, 0.25) is 5.02 Å². The molecule has 1 aliphatic rings. The van der Waals surface area contributed by atoms with Crippen LogP contribution in [0.3, 0.4) is 0 Å². The molecular weight excluding hydrogens is 278 g/mol. The molecule has 4 nitrogen and oxygen atoms in total. The van der Waals surface area contributed by atoms with Crippen LogP contribution in [0.25, 0.3) is 0 Å². The van der Waals surface area contributed by atoms with E-state index in [0.717, 1.165) is 24.9 Å². The quantitative estimate of drug-likeness (QED) is 0.804. The average molecular weight is 298 g/mol. The van der Waals surface area contributed by atoms with Gasteiger partial charge in [0.25, 0.3) is 0 Å². The first-order valence-corrected chi connectivity index (χ1v) is 7.05. The number of halogens is 1. The van der Waals surface area contributed by atoms with Gasteiger partial charge in [-0.25, -0.2) is 4.79 Å². The number of methoxy groups -OCH3 is 2. The third-order valence-corrected chi connectivity index (χ3v) is 4.25. The third kappa shape index (κ3) is 3.14.